The van der Waals surface area contributed by atoms with Crippen LogP contribution in [-0.2, 0) is 27.7 Å². The smallest absolute Gasteiger partial charge is 0.241 e. The highest BCUT2D eigenvalue weighted by molar-refractivity contribution is 7.89. The van der Waals surface area contributed by atoms with Crippen LogP contribution in [0.5, 0.6) is 0 Å². The average molecular weight is 485 g/mol. The van der Waals surface area contributed by atoms with Crippen LogP contribution in [0, 0.1) is 0 Å². The van der Waals surface area contributed by atoms with Crippen molar-refractivity contribution < 1.29 is 13.2 Å². The van der Waals surface area contributed by atoms with Crippen LogP contribution in [0.25, 0.3) is 0 Å². The van der Waals surface area contributed by atoms with Gasteiger partial charge in [-0.2, -0.15) is 4.72 Å². The van der Waals surface area contributed by atoms with Gasteiger partial charge in [0.2, 0.25) is 15.9 Å². The van der Waals surface area contributed by atoms with Crippen molar-refractivity contribution in [2.24, 2.45) is 10.7 Å². The van der Waals surface area contributed by atoms with E-state index in [1.54, 1.807) is 31.1 Å². The molecule has 2 aromatic carbocycles. The van der Waals surface area contributed by atoms with Gasteiger partial charge in [0.05, 0.1) is 4.90 Å². The Hall–Kier alpha value is -2.71. The maximum Gasteiger partial charge on any atom is 0.241 e. The number of amides is 1. The lowest BCUT2D eigenvalue weighted by Crippen LogP contribution is -2.50. The third-order valence-corrected chi connectivity index (χ3v) is 8.01. The van der Waals surface area contributed by atoms with Crippen LogP contribution in [0.2, 0.25) is 0 Å². The molecule has 0 saturated heterocycles. The van der Waals surface area contributed by atoms with Crippen molar-refractivity contribution in [3.8, 4) is 0 Å². The van der Waals surface area contributed by atoms with Gasteiger partial charge in [-0.3, -0.25) is 9.79 Å². The minimum atomic E-state index is -3.88. The summed E-state index contributed by atoms with van der Waals surface area (Å²) in [4.78, 5) is 19.3. The Morgan fingerprint density at radius 2 is 1.68 bits per heavy atom. The Morgan fingerprint density at radius 3 is 2.24 bits per heavy atom. The van der Waals surface area contributed by atoms with E-state index in [4.69, 9.17) is 5.73 Å². The number of hydrogen-bond acceptors (Lipinski definition) is 4. The number of nitrogens with zero attached hydrogens (tertiary/aromatic N) is 2. The van der Waals surface area contributed by atoms with Crippen LogP contribution < -0.4 is 10.5 Å². The molecule has 0 radical (unpaired) electrons. The zero-order valence-corrected chi connectivity index (χ0v) is 21.1. The molecule has 0 aromatic heterocycles. The standard InChI is InChI=1S/C26H36N4O3S/c1-4-7-19-12-16-23(17-13-19)34(32,33)29-24(26(31)30(3)22-8-5-6-9-22)18-20-10-14-21(15-11-20)25(27)28-2/h10-17,22,24,29H,4-9,18H2,1-3H3,(H2,27,28)/t24-/m0/s1. The fourth-order valence-electron chi connectivity index (χ4n) is 4.45. The number of carbonyl (C=O) groups excluding carboxylic acids is 1. The SMILES string of the molecule is CCCc1ccc(S(=O)(=O)N[C@@H](Cc2ccc(C(N)=NC)cc2)C(=O)N(C)C2CCCC2)cc1. The van der Waals surface area contributed by atoms with Crippen molar-refractivity contribution in [2.75, 3.05) is 14.1 Å². The molecule has 8 heteroatoms. The van der Waals surface area contributed by atoms with Crippen LogP contribution in [-0.4, -0.2) is 51.2 Å². The molecule has 3 rings (SSSR count). The van der Waals surface area contributed by atoms with Crippen molar-refractivity contribution in [1.29, 1.82) is 0 Å². The van der Waals surface area contributed by atoms with Crippen molar-refractivity contribution in [1.82, 2.24) is 9.62 Å². The summed E-state index contributed by atoms with van der Waals surface area (Å²) in [5.41, 5.74) is 8.59. The molecule has 0 aliphatic heterocycles. The highest BCUT2D eigenvalue weighted by Crippen LogP contribution is 2.24. The first-order valence-electron chi connectivity index (χ1n) is 11.9. The van der Waals surface area contributed by atoms with Gasteiger partial charge < -0.3 is 10.6 Å². The molecule has 1 fully saturated rings. The van der Waals surface area contributed by atoms with Gasteiger partial charge in [0, 0.05) is 25.7 Å². The topological polar surface area (TPSA) is 105 Å². The van der Waals surface area contributed by atoms with Gasteiger partial charge >= 0.3 is 0 Å². The highest BCUT2D eigenvalue weighted by Gasteiger charge is 2.32. The Kier molecular flexibility index (Phi) is 8.85. The van der Waals surface area contributed by atoms with Crippen LogP contribution >= 0.6 is 0 Å². The fraction of sp³-hybridized carbons (Fsp3) is 0.462. The van der Waals surface area contributed by atoms with E-state index in [1.807, 2.05) is 36.4 Å². The van der Waals surface area contributed by atoms with E-state index in [2.05, 4.69) is 16.6 Å². The summed E-state index contributed by atoms with van der Waals surface area (Å²) in [6, 6.07) is 13.5. The quantitative estimate of drug-likeness (QED) is 0.399. The lowest BCUT2D eigenvalue weighted by Gasteiger charge is -2.29. The number of nitrogens with one attached hydrogen (secondary N) is 1. The molecule has 1 aliphatic carbocycles. The zero-order valence-electron chi connectivity index (χ0n) is 20.3. The van der Waals surface area contributed by atoms with Gasteiger partial charge in [0.15, 0.2) is 0 Å². The van der Waals surface area contributed by atoms with Crippen molar-refractivity contribution in [2.45, 2.75) is 68.8 Å². The van der Waals surface area contributed by atoms with E-state index >= 15 is 0 Å². The first kappa shape index (κ1) is 25.9. The highest BCUT2D eigenvalue weighted by atomic mass is 32.2. The summed E-state index contributed by atoms with van der Waals surface area (Å²) in [6.07, 6.45) is 6.20. The maximum atomic E-state index is 13.5. The molecular formula is C26H36N4O3S. The summed E-state index contributed by atoms with van der Waals surface area (Å²) < 4.78 is 29.1. The average Bonchev–Trinajstić information content (AvgIpc) is 3.38. The van der Waals surface area contributed by atoms with Crippen LogP contribution in [0.1, 0.15) is 55.7 Å². The normalized spacial score (nSPS) is 15.9. The molecule has 34 heavy (non-hydrogen) atoms. The molecule has 1 aliphatic rings. The zero-order chi connectivity index (χ0) is 24.7. The van der Waals surface area contributed by atoms with Gasteiger partial charge in [-0.05, 0) is 48.9 Å². The number of carbonyl (C=O) groups is 1. The third kappa shape index (κ3) is 6.45. The number of sulfonamides is 1. The Bertz CT molecular complexity index is 1090. The molecule has 1 saturated carbocycles. The summed E-state index contributed by atoms with van der Waals surface area (Å²) >= 11 is 0. The first-order chi connectivity index (χ1) is 16.2. The van der Waals surface area contributed by atoms with Crippen molar-refractivity contribution in [3.63, 3.8) is 0 Å². The summed E-state index contributed by atoms with van der Waals surface area (Å²) in [5, 5.41) is 0. The Morgan fingerprint density at radius 1 is 1.09 bits per heavy atom. The van der Waals surface area contributed by atoms with Gasteiger partial charge in [-0.25, -0.2) is 8.42 Å². The van der Waals surface area contributed by atoms with Gasteiger partial charge in [-0.1, -0.05) is 62.6 Å². The molecule has 3 N–H and O–H groups in total. The molecule has 184 valence electrons. The Balaban J connectivity index is 1.85. The minimum absolute atomic E-state index is 0.149. The summed E-state index contributed by atoms with van der Waals surface area (Å²) in [5.74, 6) is 0.212. The van der Waals surface area contributed by atoms with E-state index in [9.17, 15) is 13.2 Å². The molecule has 0 bridgehead atoms. The van der Waals surface area contributed by atoms with Gasteiger partial charge in [0.1, 0.15) is 11.9 Å². The number of nitrogens with two attached hydrogens (primary N) is 1. The molecule has 2 aromatic rings. The molecule has 0 spiro atoms. The largest absolute Gasteiger partial charge is 0.384 e. The van der Waals surface area contributed by atoms with Crippen LogP contribution in [0.4, 0.5) is 0 Å². The van der Waals surface area contributed by atoms with Crippen LogP contribution in [0.15, 0.2) is 58.4 Å². The monoisotopic (exact) mass is 484 g/mol. The molecular weight excluding hydrogens is 448 g/mol. The van der Waals surface area contributed by atoms with E-state index in [0.717, 1.165) is 55.2 Å². The fourth-order valence-corrected chi connectivity index (χ4v) is 5.64. The van der Waals surface area contributed by atoms with Crippen LogP contribution in [0.3, 0.4) is 0 Å². The second kappa shape index (κ2) is 11.6. The second-order valence-corrected chi connectivity index (χ2v) is 10.7. The van der Waals surface area contributed by atoms with E-state index in [-0.39, 0.29) is 23.3 Å². The molecule has 7 nitrogen and oxygen atoms in total. The number of benzene rings is 2. The Labute approximate surface area is 203 Å². The number of amidine groups is 1. The maximum absolute atomic E-state index is 13.5. The molecule has 1 amide bonds. The van der Waals surface area contributed by atoms with Gasteiger partial charge in [0.25, 0.3) is 0 Å². The number of likely N-dealkylation sites (N-methyl/N-ethyl adjacent to an activating group) is 1. The minimum Gasteiger partial charge on any atom is -0.384 e. The van der Waals surface area contributed by atoms with Crippen molar-refractivity contribution in [3.05, 3.63) is 65.2 Å². The molecule has 0 unspecified atom stereocenters. The summed E-state index contributed by atoms with van der Waals surface area (Å²) in [6.45, 7) is 2.08. The van der Waals surface area contributed by atoms with E-state index in [0.29, 0.717) is 5.84 Å². The predicted octanol–water partition coefficient (Wildman–Crippen LogP) is 3.26. The lowest BCUT2D eigenvalue weighted by atomic mass is 10.0. The predicted molar refractivity (Wildman–Crippen MR) is 136 cm³/mol. The van der Waals surface area contributed by atoms with Gasteiger partial charge in [-0.15, -0.1) is 0 Å². The third-order valence-electron chi connectivity index (χ3n) is 6.52. The number of rotatable bonds is 10. The lowest BCUT2D eigenvalue weighted by molar-refractivity contribution is -0.133. The van der Waals surface area contributed by atoms with Crippen molar-refractivity contribution >= 4 is 21.8 Å². The molecule has 1 atom stereocenters. The number of aliphatic imine (C=N–C) groups is 1. The van der Waals surface area contributed by atoms with E-state index < -0.39 is 16.1 Å². The number of aryl methyl sites for hydroxylation is 1. The summed E-state index contributed by atoms with van der Waals surface area (Å²) in [7, 11) is -0.472. The molecule has 0 heterocycles. The number of hydrogen-bond donors (Lipinski definition) is 2. The van der Waals surface area contributed by atoms with E-state index in [1.165, 1.54) is 0 Å². The first-order valence-corrected chi connectivity index (χ1v) is 13.4. The second-order valence-electron chi connectivity index (χ2n) is 8.97.